The number of aromatic nitrogens is 2. The van der Waals surface area contributed by atoms with Gasteiger partial charge in [0.2, 0.25) is 16.0 Å². The summed E-state index contributed by atoms with van der Waals surface area (Å²) in [4.78, 5) is 10.7. The zero-order valence-electron chi connectivity index (χ0n) is 21.3. The third-order valence-electron chi connectivity index (χ3n) is 6.73. The zero-order valence-corrected chi connectivity index (χ0v) is 22.1. The molecule has 5 rings (SSSR count). The van der Waals surface area contributed by atoms with E-state index >= 15 is 0 Å². The van der Waals surface area contributed by atoms with Crippen molar-refractivity contribution in [2.75, 3.05) is 35.7 Å². The summed E-state index contributed by atoms with van der Waals surface area (Å²) in [6.45, 7) is 1.15. The standard InChI is InChI=1S/C28H28F2N6O2S/c1-35(23-15-18-36(19-16-23)26-5-3-2-4-25(26)30)39(37,38)24-12-10-22(11-13-24)33-28-31-17-14-27(34-28)32-21-8-6-20(29)7-9-21/h2-14,17,23H,15-16,18-19H2,1H3,(H2,31,32,33,34). The van der Waals surface area contributed by atoms with E-state index in [1.807, 2.05) is 4.90 Å². The second kappa shape index (κ2) is 11.3. The van der Waals surface area contributed by atoms with Gasteiger partial charge in [-0.05, 0) is 79.6 Å². The van der Waals surface area contributed by atoms with Crippen molar-refractivity contribution in [3.8, 4) is 0 Å². The van der Waals surface area contributed by atoms with Crippen LogP contribution in [0.4, 0.5) is 37.6 Å². The van der Waals surface area contributed by atoms with E-state index in [0.29, 0.717) is 54.8 Å². The average Bonchev–Trinajstić information content (AvgIpc) is 2.95. The summed E-state index contributed by atoms with van der Waals surface area (Å²) in [5, 5.41) is 6.15. The molecule has 1 saturated heterocycles. The molecule has 0 atom stereocenters. The minimum atomic E-state index is -3.72. The highest BCUT2D eigenvalue weighted by Gasteiger charge is 2.31. The molecule has 1 aliphatic rings. The molecule has 0 aliphatic carbocycles. The number of rotatable bonds is 8. The second-order valence-electron chi connectivity index (χ2n) is 9.24. The Morgan fingerprint density at radius 2 is 1.51 bits per heavy atom. The lowest BCUT2D eigenvalue weighted by Crippen LogP contribution is -2.45. The fourth-order valence-electron chi connectivity index (χ4n) is 4.55. The van der Waals surface area contributed by atoms with E-state index in [1.54, 1.807) is 73.9 Å². The number of hydrogen-bond acceptors (Lipinski definition) is 7. The van der Waals surface area contributed by atoms with E-state index in [2.05, 4.69) is 20.6 Å². The summed E-state index contributed by atoms with van der Waals surface area (Å²) in [5.41, 5.74) is 1.84. The summed E-state index contributed by atoms with van der Waals surface area (Å²) in [5.74, 6) is 0.233. The van der Waals surface area contributed by atoms with Crippen molar-refractivity contribution in [3.05, 3.63) is 96.7 Å². The van der Waals surface area contributed by atoms with E-state index in [0.717, 1.165) is 0 Å². The molecule has 39 heavy (non-hydrogen) atoms. The van der Waals surface area contributed by atoms with Crippen molar-refractivity contribution < 1.29 is 17.2 Å². The van der Waals surface area contributed by atoms with Gasteiger partial charge in [0.1, 0.15) is 17.5 Å². The van der Waals surface area contributed by atoms with Crippen LogP contribution in [-0.2, 0) is 10.0 Å². The SMILES string of the molecule is CN(C1CCN(c2ccccc2F)CC1)S(=O)(=O)c1ccc(Nc2nccc(Nc3ccc(F)cc3)n2)cc1. The van der Waals surface area contributed by atoms with Crippen LogP contribution >= 0.6 is 0 Å². The smallest absolute Gasteiger partial charge is 0.243 e. The fourth-order valence-corrected chi connectivity index (χ4v) is 5.97. The van der Waals surface area contributed by atoms with Gasteiger partial charge in [-0.25, -0.2) is 22.2 Å². The largest absolute Gasteiger partial charge is 0.369 e. The summed E-state index contributed by atoms with van der Waals surface area (Å²) in [6, 6.07) is 20.5. The number of sulfonamides is 1. The van der Waals surface area contributed by atoms with Crippen LogP contribution in [0.1, 0.15) is 12.8 Å². The average molecular weight is 551 g/mol. The first kappa shape index (κ1) is 26.5. The van der Waals surface area contributed by atoms with Crippen LogP contribution in [0, 0.1) is 11.6 Å². The third kappa shape index (κ3) is 6.15. The third-order valence-corrected chi connectivity index (χ3v) is 8.66. The van der Waals surface area contributed by atoms with E-state index < -0.39 is 10.0 Å². The van der Waals surface area contributed by atoms with Crippen LogP contribution in [0.2, 0.25) is 0 Å². The minimum Gasteiger partial charge on any atom is -0.369 e. The summed E-state index contributed by atoms with van der Waals surface area (Å²) in [7, 11) is -2.12. The number of nitrogens with zero attached hydrogens (tertiary/aromatic N) is 4. The molecule has 0 amide bonds. The number of hydrogen-bond donors (Lipinski definition) is 2. The van der Waals surface area contributed by atoms with Crippen LogP contribution in [0.3, 0.4) is 0 Å². The van der Waals surface area contributed by atoms with E-state index in [1.165, 1.54) is 22.5 Å². The maximum absolute atomic E-state index is 14.2. The first-order valence-electron chi connectivity index (χ1n) is 12.5. The van der Waals surface area contributed by atoms with Gasteiger partial charge in [-0.1, -0.05) is 12.1 Å². The Bertz CT molecular complexity index is 1530. The Labute approximate surface area is 226 Å². The molecule has 202 valence electrons. The summed E-state index contributed by atoms with van der Waals surface area (Å²) in [6.07, 6.45) is 2.78. The van der Waals surface area contributed by atoms with Gasteiger partial charge in [0, 0.05) is 43.8 Å². The quantitative estimate of drug-likeness (QED) is 0.298. The van der Waals surface area contributed by atoms with Gasteiger partial charge in [-0.3, -0.25) is 0 Å². The van der Waals surface area contributed by atoms with Gasteiger partial charge in [0.05, 0.1) is 10.6 Å². The molecule has 11 heteroatoms. The van der Waals surface area contributed by atoms with Crippen LogP contribution in [0.5, 0.6) is 0 Å². The number of nitrogens with one attached hydrogen (secondary N) is 2. The van der Waals surface area contributed by atoms with Crippen LogP contribution in [0.15, 0.2) is 90.0 Å². The Morgan fingerprint density at radius 3 is 2.21 bits per heavy atom. The highest BCUT2D eigenvalue weighted by molar-refractivity contribution is 7.89. The monoisotopic (exact) mass is 550 g/mol. The maximum atomic E-state index is 14.2. The predicted octanol–water partition coefficient (Wildman–Crippen LogP) is 5.53. The number of para-hydroxylation sites is 1. The molecule has 0 spiro atoms. The lowest BCUT2D eigenvalue weighted by Gasteiger charge is -2.37. The molecule has 1 fully saturated rings. The number of anilines is 5. The Kier molecular flexibility index (Phi) is 7.71. The van der Waals surface area contributed by atoms with Gasteiger partial charge >= 0.3 is 0 Å². The Balaban J connectivity index is 1.21. The fraction of sp³-hybridized carbons (Fsp3) is 0.214. The Hall–Kier alpha value is -4.09. The first-order valence-corrected chi connectivity index (χ1v) is 13.9. The first-order chi connectivity index (χ1) is 18.8. The van der Waals surface area contributed by atoms with Gasteiger partial charge in [0.15, 0.2) is 0 Å². The summed E-state index contributed by atoms with van der Waals surface area (Å²) >= 11 is 0. The molecular weight excluding hydrogens is 522 g/mol. The van der Waals surface area contributed by atoms with Crippen molar-refractivity contribution >= 4 is 38.9 Å². The topological polar surface area (TPSA) is 90.5 Å². The normalized spacial score (nSPS) is 14.4. The molecule has 0 radical (unpaired) electrons. The number of benzene rings is 3. The molecule has 2 N–H and O–H groups in total. The Morgan fingerprint density at radius 1 is 0.872 bits per heavy atom. The molecule has 3 aromatic carbocycles. The van der Waals surface area contributed by atoms with Gasteiger partial charge in [-0.15, -0.1) is 0 Å². The van der Waals surface area contributed by atoms with Crippen molar-refractivity contribution in [1.29, 1.82) is 0 Å². The molecule has 4 aromatic rings. The zero-order chi connectivity index (χ0) is 27.4. The van der Waals surface area contributed by atoms with Crippen LogP contribution < -0.4 is 15.5 Å². The van der Waals surface area contributed by atoms with E-state index in [-0.39, 0.29) is 22.6 Å². The van der Waals surface area contributed by atoms with Gasteiger partial charge in [-0.2, -0.15) is 9.29 Å². The molecule has 1 aromatic heterocycles. The molecule has 0 saturated carbocycles. The van der Waals surface area contributed by atoms with Gasteiger partial charge < -0.3 is 15.5 Å². The number of halogens is 2. The van der Waals surface area contributed by atoms with E-state index in [4.69, 9.17) is 0 Å². The maximum Gasteiger partial charge on any atom is 0.243 e. The highest BCUT2D eigenvalue weighted by atomic mass is 32.2. The molecule has 1 aliphatic heterocycles. The van der Waals surface area contributed by atoms with Crippen molar-refractivity contribution in [2.45, 2.75) is 23.8 Å². The second-order valence-corrected chi connectivity index (χ2v) is 11.2. The van der Waals surface area contributed by atoms with E-state index in [9.17, 15) is 17.2 Å². The summed E-state index contributed by atoms with van der Waals surface area (Å²) < 4.78 is 55.4. The van der Waals surface area contributed by atoms with Crippen molar-refractivity contribution in [1.82, 2.24) is 14.3 Å². The van der Waals surface area contributed by atoms with Crippen LogP contribution in [0.25, 0.3) is 0 Å². The van der Waals surface area contributed by atoms with Crippen LogP contribution in [-0.4, -0.2) is 48.9 Å². The number of piperidine rings is 1. The van der Waals surface area contributed by atoms with Crippen molar-refractivity contribution in [3.63, 3.8) is 0 Å². The molecule has 2 heterocycles. The van der Waals surface area contributed by atoms with Crippen molar-refractivity contribution in [2.24, 2.45) is 0 Å². The molecule has 8 nitrogen and oxygen atoms in total. The molecule has 0 bridgehead atoms. The predicted molar refractivity (Wildman–Crippen MR) is 148 cm³/mol. The lowest BCUT2D eigenvalue weighted by molar-refractivity contribution is 0.311. The molecular formula is C28H28F2N6O2S. The lowest BCUT2D eigenvalue weighted by atomic mass is 10.0. The highest BCUT2D eigenvalue weighted by Crippen LogP contribution is 2.28. The van der Waals surface area contributed by atoms with Gasteiger partial charge in [0.25, 0.3) is 0 Å². The minimum absolute atomic E-state index is 0.180. The molecule has 0 unspecified atom stereocenters.